The van der Waals surface area contributed by atoms with Gasteiger partial charge in [0.2, 0.25) is 10.0 Å². The van der Waals surface area contributed by atoms with Crippen molar-refractivity contribution in [3.63, 3.8) is 0 Å². The van der Waals surface area contributed by atoms with Crippen molar-refractivity contribution in [3.8, 4) is 0 Å². The Hall–Kier alpha value is -1.07. The van der Waals surface area contributed by atoms with Crippen molar-refractivity contribution in [1.82, 2.24) is 4.72 Å². The number of rotatable bonds is 5. The SMILES string of the molecule is Cc1cccc(N(C)CCNS(C)(=O)=O)c1. The van der Waals surface area contributed by atoms with Gasteiger partial charge in [0.1, 0.15) is 0 Å². The summed E-state index contributed by atoms with van der Waals surface area (Å²) in [5, 5.41) is 0. The second-order valence-corrected chi connectivity index (χ2v) is 5.76. The van der Waals surface area contributed by atoms with E-state index in [-0.39, 0.29) is 0 Å². The van der Waals surface area contributed by atoms with Crippen molar-refractivity contribution in [1.29, 1.82) is 0 Å². The monoisotopic (exact) mass is 242 g/mol. The average molecular weight is 242 g/mol. The molecule has 0 aliphatic rings. The fourth-order valence-corrected chi connectivity index (χ4v) is 1.86. The first-order valence-electron chi connectivity index (χ1n) is 5.11. The lowest BCUT2D eigenvalue weighted by atomic mass is 10.2. The minimum Gasteiger partial charge on any atom is -0.373 e. The zero-order valence-electron chi connectivity index (χ0n) is 9.90. The van der Waals surface area contributed by atoms with Crippen LogP contribution in [0, 0.1) is 6.92 Å². The van der Waals surface area contributed by atoms with E-state index in [0.29, 0.717) is 13.1 Å². The number of hydrogen-bond donors (Lipinski definition) is 1. The number of anilines is 1. The highest BCUT2D eigenvalue weighted by Gasteiger charge is 2.03. The molecule has 1 rings (SSSR count). The van der Waals surface area contributed by atoms with Gasteiger partial charge in [0, 0.05) is 25.8 Å². The van der Waals surface area contributed by atoms with Crippen LogP contribution in [0.15, 0.2) is 24.3 Å². The Morgan fingerprint density at radius 2 is 2.06 bits per heavy atom. The van der Waals surface area contributed by atoms with Crippen LogP contribution in [-0.2, 0) is 10.0 Å². The molecule has 90 valence electrons. The molecule has 1 N–H and O–H groups in total. The molecule has 16 heavy (non-hydrogen) atoms. The van der Waals surface area contributed by atoms with Crippen molar-refractivity contribution in [2.45, 2.75) is 6.92 Å². The van der Waals surface area contributed by atoms with Crippen LogP contribution in [0.5, 0.6) is 0 Å². The predicted octanol–water partition coefficient (Wildman–Crippen LogP) is 0.980. The van der Waals surface area contributed by atoms with Crippen LogP contribution in [0.25, 0.3) is 0 Å². The smallest absolute Gasteiger partial charge is 0.208 e. The van der Waals surface area contributed by atoms with Crippen LogP contribution < -0.4 is 9.62 Å². The van der Waals surface area contributed by atoms with Crippen molar-refractivity contribution < 1.29 is 8.42 Å². The van der Waals surface area contributed by atoms with E-state index in [1.54, 1.807) is 0 Å². The largest absolute Gasteiger partial charge is 0.373 e. The third-order valence-electron chi connectivity index (χ3n) is 2.25. The highest BCUT2D eigenvalue weighted by atomic mass is 32.2. The van der Waals surface area contributed by atoms with Gasteiger partial charge in [0.05, 0.1) is 6.26 Å². The zero-order chi connectivity index (χ0) is 12.2. The molecule has 0 atom stereocenters. The summed E-state index contributed by atoms with van der Waals surface area (Å²) in [5.41, 5.74) is 2.29. The highest BCUT2D eigenvalue weighted by molar-refractivity contribution is 7.88. The van der Waals surface area contributed by atoms with E-state index in [4.69, 9.17) is 0 Å². The molecule has 0 aliphatic carbocycles. The van der Waals surface area contributed by atoms with Gasteiger partial charge in [-0.2, -0.15) is 0 Å². The average Bonchev–Trinajstić information content (AvgIpc) is 2.15. The van der Waals surface area contributed by atoms with Crippen LogP contribution in [-0.4, -0.2) is 34.8 Å². The maximum absolute atomic E-state index is 10.9. The second kappa shape index (κ2) is 5.32. The Labute approximate surface area is 97.3 Å². The van der Waals surface area contributed by atoms with Gasteiger partial charge in [0.15, 0.2) is 0 Å². The summed E-state index contributed by atoms with van der Waals surface area (Å²) >= 11 is 0. The van der Waals surface area contributed by atoms with Crippen LogP contribution in [0.1, 0.15) is 5.56 Å². The standard InChI is InChI=1S/C11H18N2O2S/c1-10-5-4-6-11(9-10)13(2)8-7-12-16(3,14)15/h4-6,9,12H,7-8H2,1-3H3. The van der Waals surface area contributed by atoms with Crippen LogP contribution >= 0.6 is 0 Å². The molecular formula is C11H18N2O2S. The molecule has 1 aromatic rings. The van der Waals surface area contributed by atoms with E-state index in [0.717, 1.165) is 5.69 Å². The van der Waals surface area contributed by atoms with Gasteiger partial charge in [-0.1, -0.05) is 12.1 Å². The van der Waals surface area contributed by atoms with Crippen LogP contribution in [0.4, 0.5) is 5.69 Å². The Morgan fingerprint density at radius 1 is 1.38 bits per heavy atom. The summed E-state index contributed by atoms with van der Waals surface area (Å²) in [5.74, 6) is 0. The van der Waals surface area contributed by atoms with Gasteiger partial charge < -0.3 is 4.90 Å². The molecule has 0 radical (unpaired) electrons. The molecule has 0 amide bonds. The molecule has 5 heteroatoms. The van der Waals surface area contributed by atoms with E-state index in [9.17, 15) is 8.42 Å². The predicted molar refractivity (Wildman–Crippen MR) is 67.3 cm³/mol. The maximum Gasteiger partial charge on any atom is 0.208 e. The van der Waals surface area contributed by atoms with Gasteiger partial charge in [-0.3, -0.25) is 0 Å². The first kappa shape index (κ1) is 13.0. The number of benzene rings is 1. The Morgan fingerprint density at radius 3 is 2.62 bits per heavy atom. The van der Waals surface area contributed by atoms with E-state index < -0.39 is 10.0 Å². The lowest BCUT2D eigenvalue weighted by Crippen LogP contribution is -2.32. The molecule has 1 aromatic carbocycles. The Kier molecular flexibility index (Phi) is 4.32. The number of nitrogens with one attached hydrogen (secondary N) is 1. The molecule has 0 heterocycles. The number of hydrogen-bond acceptors (Lipinski definition) is 3. The maximum atomic E-state index is 10.9. The molecule has 0 aromatic heterocycles. The first-order valence-corrected chi connectivity index (χ1v) is 7.00. The molecule has 0 unspecified atom stereocenters. The molecular weight excluding hydrogens is 224 g/mol. The fourth-order valence-electron chi connectivity index (χ4n) is 1.39. The quantitative estimate of drug-likeness (QED) is 0.837. The topological polar surface area (TPSA) is 49.4 Å². The normalized spacial score (nSPS) is 11.4. The number of nitrogens with zero attached hydrogens (tertiary/aromatic N) is 1. The molecule has 0 saturated carbocycles. The second-order valence-electron chi connectivity index (χ2n) is 3.93. The molecule has 0 spiro atoms. The van der Waals surface area contributed by atoms with Crippen LogP contribution in [0.2, 0.25) is 0 Å². The third-order valence-corrected chi connectivity index (χ3v) is 2.98. The minimum atomic E-state index is -3.09. The van der Waals surface area contributed by atoms with Gasteiger partial charge in [-0.15, -0.1) is 0 Å². The van der Waals surface area contributed by atoms with Crippen molar-refractivity contribution in [2.75, 3.05) is 31.3 Å². The number of sulfonamides is 1. The van der Waals surface area contributed by atoms with Crippen molar-refractivity contribution in [2.24, 2.45) is 0 Å². The summed E-state index contributed by atoms with van der Waals surface area (Å²) in [6.45, 7) is 3.10. The van der Waals surface area contributed by atoms with Crippen molar-refractivity contribution in [3.05, 3.63) is 29.8 Å². The van der Waals surface area contributed by atoms with E-state index in [1.807, 2.05) is 37.1 Å². The lowest BCUT2D eigenvalue weighted by Gasteiger charge is -2.19. The summed E-state index contributed by atoms with van der Waals surface area (Å²) in [7, 11) is -1.14. The van der Waals surface area contributed by atoms with Crippen molar-refractivity contribution >= 4 is 15.7 Å². The molecule has 0 saturated heterocycles. The number of aryl methyl sites for hydroxylation is 1. The van der Waals surface area contributed by atoms with Gasteiger partial charge >= 0.3 is 0 Å². The third kappa shape index (κ3) is 4.63. The summed E-state index contributed by atoms with van der Waals surface area (Å²) < 4.78 is 24.2. The van der Waals surface area contributed by atoms with Crippen LogP contribution in [0.3, 0.4) is 0 Å². The molecule has 4 nitrogen and oxygen atoms in total. The lowest BCUT2D eigenvalue weighted by molar-refractivity contribution is 0.588. The highest BCUT2D eigenvalue weighted by Crippen LogP contribution is 2.13. The Balaban J connectivity index is 2.50. The van der Waals surface area contributed by atoms with E-state index in [1.165, 1.54) is 11.8 Å². The zero-order valence-corrected chi connectivity index (χ0v) is 10.7. The molecule has 0 bridgehead atoms. The van der Waals surface area contributed by atoms with Gasteiger partial charge in [0.25, 0.3) is 0 Å². The van der Waals surface area contributed by atoms with E-state index >= 15 is 0 Å². The first-order chi connectivity index (χ1) is 7.38. The Bertz CT molecular complexity index is 443. The summed E-state index contributed by atoms with van der Waals surface area (Å²) in [6, 6.07) is 8.10. The molecule has 0 fully saturated rings. The van der Waals surface area contributed by atoms with Gasteiger partial charge in [-0.25, -0.2) is 13.1 Å². The number of likely N-dealkylation sites (N-methyl/N-ethyl adjacent to an activating group) is 1. The fraction of sp³-hybridized carbons (Fsp3) is 0.455. The summed E-state index contributed by atoms with van der Waals surface area (Å²) in [6.07, 6.45) is 1.17. The van der Waals surface area contributed by atoms with Gasteiger partial charge in [-0.05, 0) is 24.6 Å². The summed E-state index contributed by atoms with van der Waals surface area (Å²) in [4.78, 5) is 2.02. The van der Waals surface area contributed by atoms with E-state index in [2.05, 4.69) is 10.8 Å². The molecule has 0 aliphatic heterocycles. The minimum absolute atomic E-state index is 0.420.